The van der Waals surface area contributed by atoms with Crippen LogP contribution in [0.4, 0.5) is 0 Å². The van der Waals surface area contributed by atoms with Crippen LogP contribution >= 0.6 is 0 Å². The lowest BCUT2D eigenvalue weighted by Gasteiger charge is -2.39. The first-order valence-electron chi connectivity index (χ1n) is 12.8. The van der Waals surface area contributed by atoms with Crippen LogP contribution in [0.5, 0.6) is 0 Å². The molecule has 0 bridgehead atoms. The third-order valence-electron chi connectivity index (χ3n) is 8.27. The number of fused-ring (bicyclic) bond motifs is 6. The van der Waals surface area contributed by atoms with Crippen LogP contribution in [0.25, 0.3) is 22.8 Å². The Balaban J connectivity index is 1.35. The van der Waals surface area contributed by atoms with Gasteiger partial charge in [-0.15, -0.1) is 0 Å². The van der Waals surface area contributed by atoms with Gasteiger partial charge in [-0.3, -0.25) is 0 Å². The highest BCUT2D eigenvalue weighted by molar-refractivity contribution is 5.83. The fourth-order valence-electron chi connectivity index (χ4n) is 6.47. The van der Waals surface area contributed by atoms with Gasteiger partial charge in [0.2, 0.25) is 0 Å². The Labute approximate surface area is 207 Å². The van der Waals surface area contributed by atoms with Crippen molar-refractivity contribution in [1.29, 1.82) is 0 Å². The van der Waals surface area contributed by atoms with Crippen molar-refractivity contribution in [3.05, 3.63) is 142 Å². The topological polar surface area (TPSA) is 26.0 Å². The maximum absolute atomic E-state index is 6.70. The molecule has 3 aromatic rings. The molecule has 7 rings (SSSR count). The molecule has 0 heterocycles. The first kappa shape index (κ1) is 20.5. The van der Waals surface area contributed by atoms with Gasteiger partial charge in [0.05, 0.1) is 0 Å². The molecular formula is C34H29N. The summed E-state index contributed by atoms with van der Waals surface area (Å²) in [7, 11) is 0. The van der Waals surface area contributed by atoms with E-state index >= 15 is 0 Å². The summed E-state index contributed by atoms with van der Waals surface area (Å²) in [6.45, 7) is 0. The number of nitrogens with two attached hydrogens (primary N) is 1. The van der Waals surface area contributed by atoms with Crippen LogP contribution < -0.4 is 5.73 Å². The van der Waals surface area contributed by atoms with E-state index in [0.717, 1.165) is 25.0 Å². The molecule has 1 nitrogen and oxygen atoms in total. The van der Waals surface area contributed by atoms with Crippen molar-refractivity contribution < 1.29 is 0 Å². The largest absolute Gasteiger partial charge is 0.402 e. The molecule has 0 radical (unpaired) electrons. The standard InChI is InChI=1S/C34H29N/c35-34-21-33-28-13-7-6-12-27(28)31-19-26(25-15-14-22-8-4-5-11-24(22)18-25)16-17-29(31)32(33)20-30(34)23-9-2-1-3-10-23/h1-4,6-10,12-19,21,27-28,30H,5,11,20,35H2. The van der Waals surface area contributed by atoms with Gasteiger partial charge in [-0.2, -0.15) is 0 Å². The monoisotopic (exact) mass is 451 g/mol. The Hall–Kier alpha value is -3.84. The van der Waals surface area contributed by atoms with Gasteiger partial charge < -0.3 is 5.73 Å². The van der Waals surface area contributed by atoms with E-state index in [2.05, 4.69) is 109 Å². The van der Waals surface area contributed by atoms with E-state index in [1.165, 1.54) is 50.1 Å². The molecule has 170 valence electrons. The summed E-state index contributed by atoms with van der Waals surface area (Å²) in [5, 5.41) is 0. The average molecular weight is 452 g/mol. The second-order valence-electron chi connectivity index (χ2n) is 10.2. The SMILES string of the molecule is NC1=CC2=C(CC1c1ccccc1)c1ccc(-c3ccc4c(c3)CCC=C4)cc1C1C=CC=CC21. The Morgan fingerprint density at radius 3 is 2.49 bits per heavy atom. The van der Waals surface area contributed by atoms with Crippen LogP contribution in [0, 0.1) is 5.92 Å². The van der Waals surface area contributed by atoms with Crippen molar-refractivity contribution in [2.45, 2.75) is 31.1 Å². The van der Waals surface area contributed by atoms with Crippen molar-refractivity contribution in [3.8, 4) is 11.1 Å². The molecule has 3 atom stereocenters. The minimum Gasteiger partial charge on any atom is -0.402 e. The highest BCUT2D eigenvalue weighted by Crippen LogP contribution is 2.52. The molecule has 0 saturated carbocycles. The summed E-state index contributed by atoms with van der Waals surface area (Å²) >= 11 is 0. The van der Waals surface area contributed by atoms with E-state index in [1.807, 2.05) is 0 Å². The number of hydrogen-bond acceptors (Lipinski definition) is 1. The zero-order valence-corrected chi connectivity index (χ0v) is 19.8. The minimum atomic E-state index is 0.232. The summed E-state index contributed by atoms with van der Waals surface area (Å²) in [5.41, 5.74) is 20.2. The second-order valence-corrected chi connectivity index (χ2v) is 10.2. The molecule has 4 aliphatic rings. The van der Waals surface area contributed by atoms with E-state index < -0.39 is 0 Å². The van der Waals surface area contributed by atoms with Gasteiger partial charge in [0, 0.05) is 23.5 Å². The van der Waals surface area contributed by atoms with E-state index in [0.29, 0.717) is 11.8 Å². The zero-order valence-electron chi connectivity index (χ0n) is 19.8. The quantitative estimate of drug-likeness (QED) is 0.420. The number of rotatable bonds is 2. The normalized spacial score (nSPS) is 23.8. The van der Waals surface area contributed by atoms with Gasteiger partial charge in [-0.1, -0.05) is 97.1 Å². The third kappa shape index (κ3) is 3.38. The molecule has 0 spiro atoms. The summed E-state index contributed by atoms with van der Waals surface area (Å²) in [5.74, 6) is 0.934. The number of aryl methyl sites for hydroxylation is 1. The van der Waals surface area contributed by atoms with E-state index in [1.54, 1.807) is 0 Å². The summed E-state index contributed by atoms with van der Waals surface area (Å²) < 4.78 is 0. The van der Waals surface area contributed by atoms with Gasteiger partial charge in [0.1, 0.15) is 0 Å². The molecule has 35 heavy (non-hydrogen) atoms. The van der Waals surface area contributed by atoms with E-state index in [4.69, 9.17) is 5.73 Å². The van der Waals surface area contributed by atoms with Crippen LogP contribution in [0.3, 0.4) is 0 Å². The fraction of sp³-hybridized carbons (Fsp3) is 0.176. The fourth-order valence-corrected chi connectivity index (χ4v) is 6.47. The molecule has 3 aromatic carbocycles. The Morgan fingerprint density at radius 2 is 1.60 bits per heavy atom. The van der Waals surface area contributed by atoms with Crippen molar-refractivity contribution >= 4 is 11.6 Å². The molecule has 0 aromatic heterocycles. The second kappa shape index (κ2) is 8.13. The number of allylic oxidation sites excluding steroid dienone is 9. The third-order valence-corrected chi connectivity index (χ3v) is 8.27. The predicted molar refractivity (Wildman–Crippen MR) is 147 cm³/mol. The van der Waals surface area contributed by atoms with Gasteiger partial charge >= 0.3 is 0 Å². The van der Waals surface area contributed by atoms with Crippen molar-refractivity contribution in [3.63, 3.8) is 0 Å². The summed E-state index contributed by atoms with van der Waals surface area (Å²) in [4.78, 5) is 0. The minimum absolute atomic E-state index is 0.232. The number of hydrogen-bond donors (Lipinski definition) is 1. The molecule has 0 fully saturated rings. The average Bonchev–Trinajstić information content (AvgIpc) is 2.93. The lowest BCUT2D eigenvalue weighted by Crippen LogP contribution is -2.25. The van der Waals surface area contributed by atoms with E-state index in [-0.39, 0.29) is 5.92 Å². The zero-order chi connectivity index (χ0) is 23.4. The van der Waals surface area contributed by atoms with Crippen LogP contribution in [0.1, 0.15) is 52.5 Å². The molecule has 1 heteroatoms. The van der Waals surface area contributed by atoms with Gasteiger partial charge in [0.15, 0.2) is 0 Å². The highest BCUT2D eigenvalue weighted by atomic mass is 14.6. The Morgan fingerprint density at radius 1 is 0.800 bits per heavy atom. The molecular weight excluding hydrogens is 422 g/mol. The Bertz CT molecular complexity index is 1480. The van der Waals surface area contributed by atoms with E-state index in [9.17, 15) is 0 Å². The maximum Gasteiger partial charge on any atom is 0.0276 e. The first-order valence-corrected chi connectivity index (χ1v) is 12.8. The van der Waals surface area contributed by atoms with Crippen LogP contribution in [0.15, 0.2) is 114 Å². The lowest BCUT2D eigenvalue weighted by molar-refractivity contribution is 0.642. The first-order chi connectivity index (χ1) is 17.3. The summed E-state index contributed by atoms with van der Waals surface area (Å²) in [6.07, 6.45) is 19.2. The highest BCUT2D eigenvalue weighted by Gasteiger charge is 2.36. The molecule has 2 N–H and O–H groups in total. The molecule has 0 saturated heterocycles. The Kier molecular flexibility index (Phi) is 4.77. The van der Waals surface area contributed by atoms with Crippen molar-refractivity contribution in [2.75, 3.05) is 0 Å². The van der Waals surface area contributed by atoms with Crippen LogP contribution in [-0.2, 0) is 6.42 Å². The van der Waals surface area contributed by atoms with Crippen molar-refractivity contribution in [1.82, 2.24) is 0 Å². The molecule has 4 aliphatic carbocycles. The van der Waals surface area contributed by atoms with Crippen molar-refractivity contribution in [2.24, 2.45) is 11.7 Å². The van der Waals surface area contributed by atoms with Crippen LogP contribution in [-0.4, -0.2) is 0 Å². The molecule has 3 unspecified atom stereocenters. The number of benzene rings is 3. The molecule has 0 aliphatic heterocycles. The smallest absolute Gasteiger partial charge is 0.0276 e. The predicted octanol–water partition coefficient (Wildman–Crippen LogP) is 7.94. The van der Waals surface area contributed by atoms with Gasteiger partial charge in [0.25, 0.3) is 0 Å². The summed E-state index contributed by atoms with van der Waals surface area (Å²) in [6, 6.07) is 24.9. The van der Waals surface area contributed by atoms with Crippen LogP contribution in [0.2, 0.25) is 0 Å². The lowest BCUT2D eigenvalue weighted by atomic mass is 9.65. The molecule has 0 amide bonds. The maximum atomic E-state index is 6.70. The van der Waals surface area contributed by atoms with Gasteiger partial charge in [-0.25, -0.2) is 0 Å². The van der Waals surface area contributed by atoms with Gasteiger partial charge in [-0.05, 0) is 81.5 Å².